The van der Waals surface area contributed by atoms with Gasteiger partial charge in [-0.3, -0.25) is 0 Å². The van der Waals surface area contributed by atoms with Crippen LogP contribution >= 0.6 is 0 Å². The summed E-state index contributed by atoms with van der Waals surface area (Å²) in [7, 11) is 0. The van der Waals surface area contributed by atoms with Crippen molar-refractivity contribution >= 4 is 5.95 Å². The number of nitrogens with one attached hydrogen (secondary N) is 1. The lowest BCUT2D eigenvalue weighted by Gasteiger charge is -2.20. The fraction of sp³-hybridized carbons (Fsp3) is 0.714. The van der Waals surface area contributed by atoms with Crippen LogP contribution in [0, 0.1) is 5.92 Å². The van der Waals surface area contributed by atoms with Gasteiger partial charge in [0, 0.05) is 37.6 Å². The molecule has 2 heterocycles. The van der Waals surface area contributed by atoms with E-state index in [-0.39, 0.29) is 0 Å². The average Bonchev–Trinajstić information content (AvgIpc) is 2.62. The molecular formula is C14H24N4. The average molecular weight is 248 g/mol. The van der Waals surface area contributed by atoms with Gasteiger partial charge in [-0.25, -0.2) is 9.97 Å². The molecule has 1 aromatic heterocycles. The third kappa shape index (κ3) is 3.67. The zero-order valence-electron chi connectivity index (χ0n) is 11.5. The van der Waals surface area contributed by atoms with E-state index in [1.807, 2.05) is 12.4 Å². The molecule has 1 atom stereocenters. The van der Waals surface area contributed by atoms with Gasteiger partial charge in [0.1, 0.15) is 0 Å². The molecular weight excluding hydrogens is 224 g/mol. The van der Waals surface area contributed by atoms with Crippen LogP contribution in [-0.2, 0) is 6.54 Å². The van der Waals surface area contributed by atoms with Crippen molar-refractivity contribution in [2.75, 3.05) is 24.5 Å². The van der Waals surface area contributed by atoms with Crippen LogP contribution in [0.25, 0.3) is 0 Å². The molecule has 1 aromatic rings. The molecule has 1 saturated heterocycles. The minimum Gasteiger partial charge on any atom is -0.341 e. The van der Waals surface area contributed by atoms with E-state index in [4.69, 9.17) is 0 Å². The van der Waals surface area contributed by atoms with E-state index in [2.05, 4.69) is 34.0 Å². The van der Waals surface area contributed by atoms with Crippen molar-refractivity contribution in [1.82, 2.24) is 15.3 Å². The maximum absolute atomic E-state index is 4.50. The number of aromatic nitrogens is 2. The highest BCUT2D eigenvalue weighted by Crippen LogP contribution is 2.19. The largest absolute Gasteiger partial charge is 0.341 e. The molecule has 0 aromatic carbocycles. The number of nitrogens with zero attached hydrogens (tertiary/aromatic N) is 3. The molecule has 1 unspecified atom stereocenters. The summed E-state index contributed by atoms with van der Waals surface area (Å²) in [6, 6.07) is 0. The Kier molecular flexibility index (Phi) is 4.93. The van der Waals surface area contributed by atoms with Crippen molar-refractivity contribution in [1.29, 1.82) is 0 Å². The maximum Gasteiger partial charge on any atom is 0.225 e. The molecule has 1 N–H and O–H groups in total. The Morgan fingerprint density at radius 3 is 2.78 bits per heavy atom. The van der Waals surface area contributed by atoms with Crippen LogP contribution in [0.4, 0.5) is 5.95 Å². The summed E-state index contributed by atoms with van der Waals surface area (Å²) >= 11 is 0. The predicted molar refractivity (Wildman–Crippen MR) is 74.6 cm³/mol. The SMILES string of the molecule is CCNCc1cnc(N2CCCC(C)CC2)nc1. The molecule has 0 radical (unpaired) electrons. The van der Waals surface area contributed by atoms with Gasteiger partial charge in [0.05, 0.1) is 0 Å². The van der Waals surface area contributed by atoms with E-state index in [1.54, 1.807) is 0 Å². The van der Waals surface area contributed by atoms with Crippen molar-refractivity contribution in [3.63, 3.8) is 0 Å². The highest BCUT2D eigenvalue weighted by Gasteiger charge is 2.15. The van der Waals surface area contributed by atoms with E-state index < -0.39 is 0 Å². The van der Waals surface area contributed by atoms with Gasteiger partial charge in [0.2, 0.25) is 5.95 Å². The fourth-order valence-electron chi connectivity index (χ4n) is 2.33. The molecule has 0 aliphatic carbocycles. The molecule has 4 heteroatoms. The van der Waals surface area contributed by atoms with E-state index in [1.165, 1.54) is 19.3 Å². The third-order valence-corrected chi connectivity index (χ3v) is 3.57. The Morgan fingerprint density at radius 2 is 2.06 bits per heavy atom. The molecule has 0 saturated carbocycles. The molecule has 0 amide bonds. The van der Waals surface area contributed by atoms with E-state index >= 15 is 0 Å². The molecule has 0 spiro atoms. The van der Waals surface area contributed by atoms with Crippen molar-refractivity contribution in [3.8, 4) is 0 Å². The van der Waals surface area contributed by atoms with Crippen LogP contribution in [0.2, 0.25) is 0 Å². The van der Waals surface area contributed by atoms with Crippen LogP contribution in [0.3, 0.4) is 0 Å². The summed E-state index contributed by atoms with van der Waals surface area (Å²) in [5, 5.41) is 3.29. The predicted octanol–water partition coefficient (Wildman–Crippen LogP) is 2.21. The number of rotatable bonds is 4. The Hall–Kier alpha value is -1.16. The van der Waals surface area contributed by atoms with Gasteiger partial charge in [-0.1, -0.05) is 13.8 Å². The monoisotopic (exact) mass is 248 g/mol. The zero-order chi connectivity index (χ0) is 12.8. The van der Waals surface area contributed by atoms with Crippen LogP contribution in [0.15, 0.2) is 12.4 Å². The van der Waals surface area contributed by atoms with Crippen molar-refractivity contribution in [2.45, 2.75) is 39.7 Å². The van der Waals surface area contributed by atoms with Crippen LogP contribution in [-0.4, -0.2) is 29.6 Å². The van der Waals surface area contributed by atoms with Gasteiger partial charge < -0.3 is 10.2 Å². The van der Waals surface area contributed by atoms with Crippen LogP contribution < -0.4 is 10.2 Å². The molecule has 18 heavy (non-hydrogen) atoms. The molecule has 4 nitrogen and oxygen atoms in total. The third-order valence-electron chi connectivity index (χ3n) is 3.57. The normalized spacial score (nSPS) is 20.8. The zero-order valence-corrected chi connectivity index (χ0v) is 11.5. The van der Waals surface area contributed by atoms with Gasteiger partial charge in [-0.15, -0.1) is 0 Å². The van der Waals surface area contributed by atoms with Gasteiger partial charge in [-0.05, 0) is 31.7 Å². The highest BCUT2D eigenvalue weighted by atomic mass is 15.2. The van der Waals surface area contributed by atoms with Gasteiger partial charge >= 0.3 is 0 Å². The molecule has 1 aliphatic rings. The fourth-order valence-corrected chi connectivity index (χ4v) is 2.33. The minimum atomic E-state index is 0.836. The van der Waals surface area contributed by atoms with Crippen LogP contribution in [0.1, 0.15) is 38.7 Å². The second-order valence-corrected chi connectivity index (χ2v) is 5.19. The highest BCUT2D eigenvalue weighted by molar-refractivity contribution is 5.29. The van der Waals surface area contributed by atoms with Gasteiger partial charge in [0.25, 0.3) is 0 Å². The lowest BCUT2D eigenvalue weighted by molar-refractivity contribution is 0.521. The lowest BCUT2D eigenvalue weighted by Crippen LogP contribution is -2.26. The summed E-state index contributed by atoms with van der Waals surface area (Å²) in [6.07, 6.45) is 7.72. The lowest BCUT2D eigenvalue weighted by atomic mass is 10.0. The number of anilines is 1. The topological polar surface area (TPSA) is 41.1 Å². The number of hydrogen-bond donors (Lipinski definition) is 1. The second kappa shape index (κ2) is 6.69. The van der Waals surface area contributed by atoms with Crippen LogP contribution in [0.5, 0.6) is 0 Å². The molecule has 0 bridgehead atoms. The minimum absolute atomic E-state index is 0.836. The Balaban J connectivity index is 1.95. The summed E-state index contributed by atoms with van der Waals surface area (Å²) in [5.74, 6) is 1.73. The van der Waals surface area contributed by atoms with Crippen molar-refractivity contribution < 1.29 is 0 Å². The first-order chi connectivity index (χ1) is 8.79. The van der Waals surface area contributed by atoms with Gasteiger partial charge in [0.15, 0.2) is 0 Å². The van der Waals surface area contributed by atoms with Gasteiger partial charge in [-0.2, -0.15) is 0 Å². The summed E-state index contributed by atoms with van der Waals surface area (Å²) in [4.78, 5) is 11.3. The van der Waals surface area contributed by atoms with E-state index in [0.717, 1.165) is 43.6 Å². The van der Waals surface area contributed by atoms with E-state index in [0.29, 0.717) is 0 Å². The number of hydrogen-bond acceptors (Lipinski definition) is 4. The smallest absolute Gasteiger partial charge is 0.225 e. The molecule has 1 aliphatic heterocycles. The summed E-state index contributed by atoms with van der Waals surface area (Å²) in [6.45, 7) is 8.46. The van der Waals surface area contributed by atoms with E-state index in [9.17, 15) is 0 Å². The van der Waals surface area contributed by atoms with Crippen molar-refractivity contribution in [2.24, 2.45) is 5.92 Å². The summed E-state index contributed by atoms with van der Waals surface area (Å²) in [5.41, 5.74) is 1.16. The second-order valence-electron chi connectivity index (χ2n) is 5.19. The first kappa shape index (κ1) is 13.3. The Labute approximate surface area is 110 Å². The first-order valence-electron chi connectivity index (χ1n) is 7.06. The molecule has 100 valence electrons. The Bertz CT molecular complexity index is 349. The quantitative estimate of drug-likeness (QED) is 0.887. The molecule has 1 fully saturated rings. The van der Waals surface area contributed by atoms with Crippen molar-refractivity contribution in [3.05, 3.63) is 18.0 Å². The summed E-state index contributed by atoms with van der Waals surface area (Å²) < 4.78 is 0. The maximum atomic E-state index is 4.50. The Morgan fingerprint density at radius 1 is 1.28 bits per heavy atom. The first-order valence-corrected chi connectivity index (χ1v) is 7.06. The molecule has 2 rings (SSSR count). The standard InChI is InChI=1S/C14H24N4/c1-3-15-9-13-10-16-14(17-11-13)18-7-4-5-12(2)6-8-18/h10-12,15H,3-9H2,1-2H3.